The maximum absolute atomic E-state index is 13.4. The van der Waals surface area contributed by atoms with Gasteiger partial charge in [-0.2, -0.15) is 0 Å². The van der Waals surface area contributed by atoms with Crippen LogP contribution in [0.5, 0.6) is 5.75 Å². The van der Waals surface area contributed by atoms with Crippen LogP contribution in [0.4, 0.5) is 11.4 Å². The molecular weight excluding hydrogens is 460 g/mol. The maximum Gasteiger partial charge on any atom is 0.265 e. The van der Waals surface area contributed by atoms with E-state index in [4.69, 9.17) is 9.72 Å². The molecule has 0 unspecified atom stereocenters. The SMILES string of the molecule is O=C(CN1C(=O)COc2ccc(-c3csc(-c4ccccn4)n3)cc21)N1CCCc2ccccc21. The van der Waals surface area contributed by atoms with Crippen molar-refractivity contribution in [1.82, 2.24) is 9.97 Å². The molecule has 8 heteroatoms. The Bertz CT molecular complexity index is 1420. The molecule has 2 aliphatic heterocycles. The van der Waals surface area contributed by atoms with Gasteiger partial charge in [0.25, 0.3) is 5.91 Å². The minimum Gasteiger partial charge on any atom is -0.482 e. The number of aryl methyl sites for hydroxylation is 1. The molecule has 7 nitrogen and oxygen atoms in total. The van der Waals surface area contributed by atoms with Gasteiger partial charge in [0.2, 0.25) is 5.91 Å². The molecule has 0 spiro atoms. The van der Waals surface area contributed by atoms with Gasteiger partial charge < -0.3 is 9.64 Å². The average Bonchev–Trinajstić information content (AvgIpc) is 3.41. The Morgan fingerprint density at radius 3 is 2.80 bits per heavy atom. The predicted molar refractivity (Wildman–Crippen MR) is 136 cm³/mol. The zero-order chi connectivity index (χ0) is 23.8. The number of fused-ring (bicyclic) bond motifs is 2. The number of anilines is 2. The molecule has 4 aromatic rings. The van der Waals surface area contributed by atoms with Crippen LogP contribution in [0.1, 0.15) is 12.0 Å². The maximum atomic E-state index is 13.4. The number of benzene rings is 2. The second-order valence-electron chi connectivity index (χ2n) is 8.48. The van der Waals surface area contributed by atoms with Gasteiger partial charge in [-0.3, -0.25) is 19.5 Å². The first-order chi connectivity index (χ1) is 17.2. The third-order valence-corrected chi connectivity index (χ3v) is 7.16. The van der Waals surface area contributed by atoms with E-state index in [0.29, 0.717) is 18.0 Å². The van der Waals surface area contributed by atoms with Crippen molar-refractivity contribution in [1.29, 1.82) is 0 Å². The molecule has 0 radical (unpaired) electrons. The number of carbonyl (C=O) groups excluding carboxylic acids is 2. The van der Waals surface area contributed by atoms with Gasteiger partial charge in [0.05, 0.1) is 17.1 Å². The molecule has 35 heavy (non-hydrogen) atoms. The lowest BCUT2D eigenvalue weighted by Gasteiger charge is -2.33. The number of hydrogen-bond acceptors (Lipinski definition) is 6. The number of pyridine rings is 1. The van der Waals surface area contributed by atoms with Crippen LogP contribution in [0, 0.1) is 0 Å². The van der Waals surface area contributed by atoms with Gasteiger partial charge in [-0.25, -0.2) is 4.98 Å². The Morgan fingerprint density at radius 1 is 1.03 bits per heavy atom. The highest BCUT2D eigenvalue weighted by atomic mass is 32.1. The monoisotopic (exact) mass is 482 g/mol. The Hall–Kier alpha value is -4.04. The number of amides is 2. The minimum absolute atomic E-state index is 0.0385. The first-order valence-corrected chi connectivity index (χ1v) is 12.4. The molecule has 0 N–H and O–H groups in total. The van der Waals surface area contributed by atoms with Crippen molar-refractivity contribution >= 4 is 34.5 Å². The first kappa shape index (κ1) is 21.5. The van der Waals surface area contributed by atoms with Crippen molar-refractivity contribution in [3.63, 3.8) is 0 Å². The molecule has 0 aliphatic carbocycles. The average molecular weight is 483 g/mol. The molecule has 0 bridgehead atoms. The summed E-state index contributed by atoms with van der Waals surface area (Å²) in [4.78, 5) is 38.7. The molecule has 6 rings (SSSR count). The fourth-order valence-electron chi connectivity index (χ4n) is 4.56. The zero-order valence-electron chi connectivity index (χ0n) is 18.9. The normalized spacial score (nSPS) is 14.8. The summed E-state index contributed by atoms with van der Waals surface area (Å²) in [5.41, 5.74) is 5.13. The second kappa shape index (κ2) is 8.96. The fraction of sp³-hybridized carbons (Fsp3) is 0.185. The van der Waals surface area contributed by atoms with Crippen molar-refractivity contribution in [2.24, 2.45) is 0 Å². The highest BCUT2D eigenvalue weighted by molar-refractivity contribution is 7.13. The molecule has 0 atom stereocenters. The van der Waals surface area contributed by atoms with Gasteiger partial charge >= 0.3 is 0 Å². The topological polar surface area (TPSA) is 75.6 Å². The van der Waals surface area contributed by atoms with Crippen LogP contribution < -0.4 is 14.5 Å². The third-order valence-electron chi connectivity index (χ3n) is 6.29. The van der Waals surface area contributed by atoms with E-state index >= 15 is 0 Å². The third kappa shape index (κ3) is 4.06. The predicted octanol–water partition coefficient (Wildman–Crippen LogP) is 4.58. The lowest BCUT2D eigenvalue weighted by Crippen LogP contribution is -2.47. The van der Waals surface area contributed by atoms with E-state index in [-0.39, 0.29) is 25.0 Å². The number of nitrogens with zero attached hydrogens (tertiary/aromatic N) is 4. The highest BCUT2D eigenvalue weighted by Crippen LogP contribution is 2.37. The Kier molecular flexibility index (Phi) is 5.50. The summed E-state index contributed by atoms with van der Waals surface area (Å²) in [6.07, 6.45) is 3.60. The molecule has 2 aromatic carbocycles. The molecule has 2 aliphatic rings. The molecule has 174 valence electrons. The largest absolute Gasteiger partial charge is 0.482 e. The standard InChI is InChI=1S/C27H22N4O3S/c32-25(30-13-5-7-18-6-1-2-9-22(18)30)15-31-23-14-19(10-11-24(23)34-16-26(31)33)21-17-35-27(29-21)20-8-3-4-12-28-20/h1-4,6,8-12,14,17H,5,7,13,15-16H2. The number of thiazole rings is 1. The highest BCUT2D eigenvalue weighted by Gasteiger charge is 2.31. The summed E-state index contributed by atoms with van der Waals surface area (Å²) in [5.74, 6) is 0.246. The number of para-hydroxylation sites is 1. The van der Waals surface area contributed by atoms with Crippen LogP contribution in [0.25, 0.3) is 22.0 Å². The zero-order valence-corrected chi connectivity index (χ0v) is 19.7. The van der Waals surface area contributed by atoms with Crippen LogP contribution in [0.3, 0.4) is 0 Å². The van der Waals surface area contributed by atoms with E-state index in [0.717, 1.165) is 46.1 Å². The van der Waals surface area contributed by atoms with Crippen LogP contribution in [-0.2, 0) is 16.0 Å². The van der Waals surface area contributed by atoms with Crippen molar-refractivity contribution in [3.05, 3.63) is 77.8 Å². The van der Waals surface area contributed by atoms with Crippen molar-refractivity contribution < 1.29 is 14.3 Å². The molecule has 0 saturated heterocycles. The number of hydrogen-bond donors (Lipinski definition) is 0. The van der Waals surface area contributed by atoms with E-state index in [1.165, 1.54) is 16.2 Å². The van der Waals surface area contributed by atoms with Crippen LogP contribution >= 0.6 is 11.3 Å². The van der Waals surface area contributed by atoms with Gasteiger partial charge in [-0.05, 0) is 54.8 Å². The Balaban J connectivity index is 1.30. The second-order valence-corrected chi connectivity index (χ2v) is 9.34. The summed E-state index contributed by atoms with van der Waals surface area (Å²) in [5, 5.41) is 2.79. The summed E-state index contributed by atoms with van der Waals surface area (Å²) in [7, 11) is 0. The molecule has 2 aromatic heterocycles. The van der Waals surface area contributed by atoms with Gasteiger partial charge in [0.1, 0.15) is 17.3 Å². The van der Waals surface area contributed by atoms with Crippen molar-refractivity contribution in [3.8, 4) is 27.7 Å². The van der Waals surface area contributed by atoms with Crippen molar-refractivity contribution in [2.45, 2.75) is 12.8 Å². The van der Waals surface area contributed by atoms with E-state index in [2.05, 4.69) is 11.1 Å². The summed E-state index contributed by atoms with van der Waals surface area (Å²) < 4.78 is 5.67. The summed E-state index contributed by atoms with van der Waals surface area (Å²) in [6.45, 7) is 0.524. The van der Waals surface area contributed by atoms with Gasteiger partial charge in [-0.1, -0.05) is 24.3 Å². The fourth-order valence-corrected chi connectivity index (χ4v) is 5.37. The van der Waals surface area contributed by atoms with E-state index in [1.807, 2.05) is 60.0 Å². The first-order valence-electron chi connectivity index (χ1n) is 11.5. The van der Waals surface area contributed by atoms with E-state index in [1.54, 1.807) is 11.1 Å². The number of ether oxygens (including phenoxy) is 1. The molecular formula is C27H22N4O3S. The van der Waals surface area contributed by atoms with Crippen LogP contribution in [-0.4, -0.2) is 41.5 Å². The van der Waals surface area contributed by atoms with E-state index in [9.17, 15) is 9.59 Å². The van der Waals surface area contributed by atoms with Gasteiger partial charge in [-0.15, -0.1) is 11.3 Å². The van der Waals surface area contributed by atoms with E-state index < -0.39 is 0 Å². The molecule has 4 heterocycles. The molecule has 2 amide bonds. The minimum atomic E-state index is -0.235. The lowest BCUT2D eigenvalue weighted by atomic mass is 10.0. The summed E-state index contributed by atoms with van der Waals surface area (Å²) >= 11 is 1.51. The number of aromatic nitrogens is 2. The lowest BCUT2D eigenvalue weighted by molar-refractivity contribution is -0.124. The number of rotatable bonds is 4. The quantitative estimate of drug-likeness (QED) is 0.426. The van der Waals surface area contributed by atoms with Gasteiger partial charge in [0, 0.05) is 29.4 Å². The summed E-state index contributed by atoms with van der Waals surface area (Å²) in [6, 6.07) is 19.3. The number of carbonyl (C=O) groups is 2. The van der Waals surface area contributed by atoms with Gasteiger partial charge in [0.15, 0.2) is 6.61 Å². The van der Waals surface area contributed by atoms with Crippen molar-refractivity contribution in [2.75, 3.05) is 29.5 Å². The smallest absolute Gasteiger partial charge is 0.265 e. The molecule has 0 saturated carbocycles. The Labute approximate surface area is 206 Å². The van der Waals surface area contributed by atoms with Crippen LogP contribution in [0.15, 0.2) is 72.2 Å². The van der Waals surface area contributed by atoms with Crippen LogP contribution in [0.2, 0.25) is 0 Å². The Morgan fingerprint density at radius 2 is 1.91 bits per heavy atom. The molecule has 0 fully saturated rings.